The number of nitrogens with zero attached hydrogens (tertiary/aromatic N) is 1. The lowest BCUT2D eigenvalue weighted by atomic mass is 9.89. The van der Waals surface area contributed by atoms with E-state index < -0.39 is 0 Å². The lowest BCUT2D eigenvalue weighted by molar-refractivity contribution is 0.0604. The van der Waals surface area contributed by atoms with Gasteiger partial charge < -0.3 is 15.0 Å². The van der Waals surface area contributed by atoms with E-state index in [0.29, 0.717) is 6.10 Å². The smallest absolute Gasteiger partial charge is 0.0596 e. The van der Waals surface area contributed by atoms with Crippen molar-refractivity contribution >= 4 is 0 Å². The lowest BCUT2D eigenvalue weighted by Crippen LogP contribution is -2.34. The van der Waals surface area contributed by atoms with Gasteiger partial charge in [0.1, 0.15) is 0 Å². The summed E-state index contributed by atoms with van der Waals surface area (Å²) < 4.78 is 5.58. The maximum Gasteiger partial charge on any atom is 0.0596 e. The van der Waals surface area contributed by atoms with Gasteiger partial charge in [-0.1, -0.05) is 0 Å². The Morgan fingerprint density at radius 1 is 1.38 bits per heavy atom. The van der Waals surface area contributed by atoms with Crippen molar-refractivity contribution in [3.8, 4) is 0 Å². The molecule has 3 atom stereocenters. The van der Waals surface area contributed by atoms with Crippen molar-refractivity contribution in [3.63, 3.8) is 0 Å². The highest BCUT2D eigenvalue weighted by atomic mass is 16.5. The van der Waals surface area contributed by atoms with Crippen molar-refractivity contribution in [1.82, 2.24) is 10.2 Å². The molecule has 2 bridgehead atoms. The minimum Gasteiger partial charge on any atom is -0.377 e. The lowest BCUT2D eigenvalue weighted by Gasteiger charge is -2.26. The summed E-state index contributed by atoms with van der Waals surface area (Å²) in [6, 6.07) is 1.63. The van der Waals surface area contributed by atoms with Crippen LogP contribution in [0.15, 0.2) is 0 Å². The molecule has 0 radical (unpaired) electrons. The van der Waals surface area contributed by atoms with Crippen LogP contribution in [0.5, 0.6) is 0 Å². The van der Waals surface area contributed by atoms with E-state index in [1.165, 1.54) is 25.8 Å². The molecule has 2 aliphatic rings. The maximum atomic E-state index is 5.58. The first-order valence-electron chi connectivity index (χ1n) is 6.71. The van der Waals surface area contributed by atoms with Gasteiger partial charge in [-0.05, 0) is 46.1 Å². The molecule has 0 spiro atoms. The van der Waals surface area contributed by atoms with Crippen LogP contribution in [0.2, 0.25) is 0 Å². The van der Waals surface area contributed by atoms with E-state index in [-0.39, 0.29) is 0 Å². The normalized spacial score (nSPS) is 33.2. The molecule has 3 nitrogen and oxygen atoms in total. The Morgan fingerprint density at radius 3 is 2.75 bits per heavy atom. The van der Waals surface area contributed by atoms with Crippen LogP contribution in [0.4, 0.5) is 0 Å². The Balaban J connectivity index is 1.62. The molecule has 0 amide bonds. The van der Waals surface area contributed by atoms with Gasteiger partial charge in [-0.15, -0.1) is 0 Å². The molecule has 0 aromatic rings. The summed E-state index contributed by atoms with van der Waals surface area (Å²) >= 11 is 0. The summed E-state index contributed by atoms with van der Waals surface area (Å²) in [4.78, 5) is 2.43. The molecule has 0 aliphatic carbocycles. The maximum absolute atomic E-state index is 5.58. The molecule has 2 saturated heterocycles. The van der Waals surface area contributed by atoms with Gasteiger partial charge in [0.05, 0.1) is 12.7 Å². The van der Waals surface area contributed by atoms with Crippen molar-refractivity contribution < 1.29 is 4.74 Å². The van der Waals surface area contributed by atoms with Crippen molar-refractivity contribution in [2.45, 2.75) is 51.3 Å². The molecule has 94 valence electrons. The summed E-state index contributed by atoms with van der Waals surface area (Å²) in [7, 11) is 2.22. The fourth-order valence-corrected chi connectivity index (χ4v) is 3.08. The Morgan fingerprint density at radius 2 is 2.19 bits per heavy atom. The monoisotopic (exact) mass is 226 g/mol. The minimum absolute atomic E-state index is 0.359. The first kappa shape index (κ1) is 12.3. The molecular weight excluding hydrogens is 200 g/mol. The van der Waals surface area contributed by atoms with Crippen LogP contribution in [-0.4, -0.2) is 49.8 Å². The third-order valence-electron chi connectivity index (χ3n) is 3.90. The van der Waals surface area contributed by atoms with Gasteiger partial charge in [0.15, 0.2) is 0 Å². The summed E-state index contributed by atoms with van der Waals surface area (Å²) in [5.74, 6) is 0.878. The first-order chi connectivity index (χ1) is 7.65. The Hall–Kier alpha value is -0.120. The molecule has 2 aliphatic heterocycles. The number of ether oxygens (including phenoxy) is 1. The van der Waals surface area contributed by atoms with Crippen LogP contribution in [0.25, 0.3) is 0 Å². The Bertz CT molecular complexity index is 220. The van der Waals surface area contributed by atoms with Crippen molar-refractivity contribution in [2.75, 3.05) is 26.7 Å². The standard InChI is InChI=1S/C13H26N2O/c1-10(2)16-7-6-15(3)9-11-8-12-4-5-13(11)14-12/h10-14H,4-9H2,1-3H3. The third-order valence-corrected chi connectivity index (χ3v) is 3.90. The summed E-state index contributed by atoms with van der Waals surface area (Å²) in [5.41, 5.74) is 0. The highest BCUT2D eigenvalue weighted by Gasteiger charge is 2.38. The molecular formula is C13H26N2O. The predicted octanol–water partition coefficient (Wildman–Crippen LogP) is 1.48. The number of rotatable bonds is 6. The molecule has 0 saturated carbocycles. The van der Waals surface area contributed by atoms with Gasteiger partial charge in [-0.25, -0.2) is 0 Å². The van der Waals surface area contributed by atoms with E-state index in [1.54, 1.807) is 0 Å². The summed E-state index contributed by atoms with van der Waals surface area (Å²) in [6.45, 7) is 7.35. The zero-order chi connectivity index (χ0) is 11.5. The second-order valence-electron chi connectivity index (χ2n) is 5.73. The second kappa shape index (κ2) is 5.48. The fourth-order valence-electron chi connectivity index (χ4n) is 3.08. The van der Waals surface area contributed by atoms with E-state index >= 15 is 0 Å². The SMILES string of the molecule is CC(C)OCCN(C)CC1CC2CCC1N2. The van der Waals surface area contributed by atoms with E-state index in [9.17, 15) is 0 Å². The first-order valence-corrected chi connectivity index (χ1v) is 6.71. The van der Waals surface area contributed by atoms with Gasteiger partial charge in [0.2, 0.25) is 0 Å². The Labute approximate surface area is 99.5 Å². The third kappa shape index (κ3) is 3.19. The molecule has 0 aromatic heterocycles. The zero-order valence-corrected chi connectivity index (χ0v) is 10.9. The van der Waals surface area contributed by atoms with Crippen LogP contribution in [0.3, 0.4) is 0 Å². The van der Waals surface area contributed by atoms with Crippen molar-refractivity contribution in [1.29, 1.82) is 0 Å². The highest BCUT2D eigenvalue weighted by molar-refractivity contribution is 4.97. The van der Waals surface area contributed by atoms with E-state index in [4.69, 9.17) is 4.74 Å². The van der Waals surface area contributed by atoms with Crippen molar-refractivity contribution in [2.24, 2.45) is 5.92 Å². The van der Waals surface area contributed by atoms with Crippen LogP contribution >= 0.6 is 0 Å². The molecule has 1 N–H and O–H groups in total. The molecule has 0 aromatic carbocycles. The fraction of sp³-hybridized carbons (Fsp3) is 1.00. The summed E-state index contributed by atoms with van der Waals surface area (Å²) in [5, 5.41) is 3.70. The predicted molar refractivity (Wildman–Crippen MR) is 66.6 cm³/mol. The van der Waals surface area contributed by atoms with Crippen molar-refractivity contribution in [3.05, 3.63) is 0 Å². The van der Waals surface area contributed by atoms with Gasteiger partial charge in [-0.3, -0.25) is 0 Å². The van der Waals surface area contributed by atoms with Crippen LogP contribution < -0.4 is 5.32 Å². The number of fused-ring (bicyclic) bond motifs is 2. The minimum atomic E-state index is 0.359. The quantitative estimate of drug-likeness (QED) is 0.742. The molecule has 3 heteroatoms. The van der Waals surface area contributed by atoms with Gasteiger partial charge in [0.25, 0.3) is 0 Å². The van der Waals surface area contributed by atoms with Crippen LogP contribution in [0, 0.1) is 5.92 Å². The number of hydrogen-bond donors (Lipinski definition) is 1. The molecule has 2 heterocycles. The van der Waals surface area contributed by atoms with Gasteiger partial charge in [0, 0.05) is 25.2 Å². The average Bonchev–Trinajstić information content (AvgIpc) is 2.78. The largest absolute Gasteiger partial charge is 0.377 e. The van der Waals surface area contributed by atoms with Crippen LogP contribution in [-0.2, 0) is 4.74 Å². The van der Waals surface area contributed by atoms with E-state index in [1.807, 2.05) is 0 Å². The topological polar surface area (TPSA) is 24.5 Å². The average molecular weight is 226 g/mol. The van der Waals surface area contributed by atoms with E-state index in [0.717, 1.165) is 31.2 Å². The molecule has 2 fully saturated rings. The molecule has 2 rings (SSSR count). The molecule has 16 heavy (non-hydrogen) atoms. The zero-order valence-electron chi connectivity index (χ0n) is 10.9. The highest BCUT2D eigenvalue weighted by Crippen LogP contribution is 2.33. The van der Waals surface area contributed by atoms with Gasteiger partial charge in [-0.2, -0.15) is 0 Å². The number of hydrogen-bond acceptors (Lipinski definition) is 3. The Kier molecular flexibility index (Phi) is 4.22. The summed E-state index contributed by atoms with van der Waals surface area (Å²) in [6.07, 6.45) is 4.55. The van der Waals surface area contributed by atoms with E-state index in [2.05, 4.69) is 31.1 Å². The van der Waals surface area contributed by atoms with Crippen LogP contribution in [0.1, 0.15) is 33.1 Å². The van der Waals surface area contributed by atoms with Gasteiger partial charge >= 0.3 is 0 Å². The second-order valence-corrected chi connectivity index (χ2v) is 5.73. The number of likely N-dealkylation sites (N-methyl/N-ethyl adjacent to an activating group) is 1. The molecule has 3 unspecified atom stereocenters. The number of nitrogens with one attached hydrogen (secondary N) is 1.